The van der Waals surface area contributed by atoms with Gasteiger partial charge in [0.05, 0.1) is 11.7 Å². The molecule has 0 aliphatic carbocycles. The third-order valence-corrected chi connectivity index (χ3v) is 4.18. The van der Waals surface area contributed by atoms with Gasteiger partial charge in [0.25, 0.3) is 0 Å². The first-order chi connectivity index (χ1) is 8.72. The van der Waals surface area contributed by atoms with Crippen LogP contribution in [0.25, 0.3) is 0 Å². The average Bonchev–Trinajstić information content (AvgIpc) is 2.78. The van der Waals surface area contributed by atoms with E-state index in [1.807, 2.05) is 12.3 Å². The highest BCUT2D eigenvalue weighted by atomic mass is 79.9. The summed E-state index contributed by atoms with van der Waals surface area (Å²) < 4.78 is 1.02. The average molecular weight is 325 g/mol. The van der Waals surface area contributed by atoms with Gasteiger partial charge in [-0.1, -0.05) is 6.92 Å². The lowest BCUT2D eigenvalue weighted by atomic mass is 10.0. The highest BCUT2D eigenvalue weighted by Crippen LogP contribution is 2.27. The third-order valence-electron chi connectivity index (χ3n) is 2.85. The van der Waals surface area contributed by atoms with Gasteiger partial charge in [0.1, 0.15) is 0 Å². The van der Waals surface area contributed by atoms with Crippen molar-refractivity contribution in [1.29, 1.82) is 0 Å². The van der Waals surface area contributed by atoms with E-state index in [0.29, 0.717) is 0 Å². The maximum absolute atomic E-state index is 4.52. The lowest BCUT2D eigenvalue weighted by Crippen LogP contribution is -2.24. The molecule has 2 aromatic heterocycles. The van der Waals surface area contributed by atoms with Crippen LogP contribution in [0.15, 0.2) is 34.2 Å². The number of nitrogens with zero attached hydrogens (tertiary/aromatic N) is 1. The molecule has 1 N–H and O–H groups in total. The van der Waals surface area contributed by atoms with Gasteiger partial charge in [-0.25, -0.2) is 0 Å². The van der Waals surface area contributed by atoms with Gasteiger partial charge in [-0.2, -0.15) is 0 Å². The van der Waals surface area contributed by atoms with Crippen LogP contribution in [0.5, 0.6) is 0 Å². The van der Waals surface area contributed by atoms with Crippen LogP contribution in [0.1, 0.15) is 35.5 Å². The maximum atomic E-state index is 4.52. The summed E-state index contributed by atoms with van der Waals surface area (Å²) >= 11 is 5.22. The molecule has 96 valence electrons. The summed E-state index contributed by atoms with van der Waals surface area (Å²) in [5.41, 5.74) is 2.41. The van der Waals surface area contributed by atoms with Crippen molar-refractivity contribution in [2.75, 3.05) is 6.54 Å². The molecule has 4 heteroatoms. The topological polar surface area (TPSA) is 24.9 Å². The Morgan fingerprint density at radius 3 is 2.78 bits per heavy atom. The van der Waals surface area contributed by atoms with E-state index < -0.39 is 0 Å². The molecule has 18 heavy (non-hydrogen) atoms. The van der Waals surface area contributed by atoms with Crippen LogP contribution in [-0.2, 0) is 0 Å². The lowest BCUT2D eigenvalue weighted by molar-refractivity contribution is 0.586. The van der Waals surface area contributed by atoms with Gasteiger partial charge >= 0.3 is 0 Å². The summed E-state index contributed by atoms with van der Waals surface area (Å²) in [7, 11) is 0. The molecule has 2 heterocycles. The summed E-state index contributed by atoms with van der Waals surface area (Å²) in [5, 5.41) is 5.72. The molecule has 0 aliphatic rings. The molecule has 0 bridgehead atoms. The van der Waals surface area contributed by atoms with E-state index in [2.05, 4.69) is 57.6 Å². The first-order valence-electron chi connectivity index (χ1n) is 6.11. The summed E-state index contributed by atoms with van der Waals surface area (Å²) in [6, 6.07) is 6.51. The highest BCUT2D eigenvalue weighted by Gasteiger charge is 2.17. The standard InChI is InChI=1S/C14H17BrN2S/c1-3-7-16-14(12-6-8-18-10(12)2)13-5-4-11(15)9-17-13/h4-6,8-9,14,16H,3,7H2,1-2H3. The van der Waals surface area contributed by atoms with Crippen molar-refractivity contribution in [3.63, 3.8) is 0 Å². The summed E-state index contributed by atoms with van der Waals surface area (Å²) in [6.45, 7) is 5.34. The minimum Gasteiger partial charge on any atom is -0.305 e. The van der Waals surface area contributed by atoms with Gasteiger partial charge in [0, 0.05) is 15.5 Å². The molecule has 0 aliphatic heterocycles. The smallest absolute Gasteiger partial charge is 0.0762 e. The van der Waals surface area contributed by atoms with E-state index in [0.717, 1.165) is 23.1 Å². The molecule has 1 atom stereocenters. The Kier molecular flexibility index (Phi) is 4.92. The van der Waals surface area contributed by atoms with E-state index in [4.69, 9.17) is 0 Å². The molecule has 2 rings (SSSR count). The van der Waals surface area contributed by atoms with Crippen molar-refractivity contribution < 1.29 is 0 Å². The molecule has 1 unspecified atom stereocenters. The zero-order valence-electron chi connectivity index (χ0n) is 10.6. The Hall–Kier alpha value is -0.710. The van der Waals surface area contributed by atoms with E-state index in [9.17, 15) is 0 Å². The maximum Gasteiger partial charge on any atom is 0.0762 e. The molecule has 0 spiro atoms. The van der Waals surface area contributed by atoms with Crippen molar-refractivity contribution in [3.8, 4) is 0 Å². The second-order valence-corrected chi connectivity index (χ2v) is 6.26. The number of rotatable bonds is 5. The Bertz CT molecular complexity index is 493. The zero-order valence-corrected chi connectivity index (χ0v) is 13.0. The van der Waals surface area contributed by atoms with Crippen LogP contribution < -0.4 is 5.32 Å². The second kappa shape index (κ2) is 6.45. The normalized spacial score (nSPS) is 12.6. The van der Waals surface area contributed by atoms with Crippen LogP contribution in [0.4, 0.5) is 0 Å². The molecule has 0 amide bonds. The van der Waals surface area contributed by atoms with E-state index in [1.54, 1.807) is 11.3 Å². The molecule has 2 aromatic rings. The van der Waals surface area contributed by atoms with Crippen LogP contribution in [0, 0.1) is 6.92 Å². The molecular weight excluding hydrogens is 308 g/mol. The largest absolute Gasteiger partial charge is 0.305 e. The number of thiophene rings is 1. The first kappa shape index (κ1) is 13.7. The number of nitrogens with one attached hydrogen (secondary N) is 1. The third kappa shape index (κ3) is 3.19. The Morgan fingerprint density at radius 2 is 2.22 bits per heavy atom. The van der Waals surface area contributed by atoms with E-state index in [-0.39, 0.29) is 6.04 Å². The zero-order chi connectivity index (χ0) is 13.0. The molecule has 2 nitrogen and oxygen atoms in total. The number of pyridine rings is 1. The van der Waals surface area contributed by atoms with Crippen molar-refractivity contribution in [1.82, 2.24) is 10.3 Å². The molecule has 0 saturated carbocycles. The van der Waals surface area contributed by atoms with Crippen LogP contribution >= 0.6 is 27.3 Å². The minimum atomic E-state index is 0.198. The van der Waals surface area contributed by atoms with Crippen molar-refractivity contribution in [2.45, 2.75) is 26.3 Å². The number of aryl methyl sites for hydroxylation is 1. The van der Waals surface area contributed by atoms with Crippen LogP contribution in [0.3, 0.4) is 0 Å². The van der Waals surface area contributed by atoms with E-state index >= 15 is 0 Å². The fraction of sp³-hybridized carbons (Fsp3) is 0.357. The second-order valence-electron chi connectivity index (χ2n) is 4.22. The van der Waals surface area contributed by atoms with Gasteiger partial charge in [-0.15, -0.1) is 11.3 Å². The SMILES string of the molecule is CCCNC(c1ccc(Br)cn1)c1ccsc1C. The van der Waals surface area contributed by atoms with Gasteiger partial charge in [0.2, 0.25) is 0 Å². The van der Waals surface area contributed by atoms with E-state index in [1.165, 1.54) is 10.4 Å². The lowest BCUT2D eigenvalue weighted by Gasteiger charge is -2.18. The fourth-order valence-electron chi connectivity index (χ4n) is 1.91. The Morgan fingerprint density at radius 1 is 1.39 bits per heavy atom. The monoisotopic (exact) mass is 324 g/mol. The minimum absolute atomic E-state index is 0.198. The van der Waals surface area contributed by atoms with Gasteiger partial charge in [0.15, 0.2) is 0 Å². The Labute approximate surface area is 121 Å². The van der Waals surface area contributed by atoms with Gasteiger partial charge in [-0.3, -0.25) is 4.98 Å². The predicted octanol–water partition coefficient (Wildman–Crippen LogP) is 4.30. The van der Waals surface area contributed by atoms with Crippen LogP contribution in [-0.4, -0.2) is 11.5 Å². The predicted molar refractivity (Wildman–Crippen MR) is 81.1 cm³/mol. The Balaban J connectivity index is 2.30. The summed E-state index contributed by atoms with van der Waals surface area (Å²) in [4.78, 5) is 5.88. The first-order valence-corrected chi connectivity index (χ1v) is 7.78. The molecule has 0 aromatic carbocycles. The quantitative estimate of drug-likeness (QED) is 0.886. The molecule has 0 saturated heterocycles. The number of hydrogen-bond acceptors (Lipinski definition) is 3. The van der Waals surface area contributed by atoms with Gasteiger partial charge in [-0.05, 0) is 65.0 Å². The van der Waals surface area contributed by atoms with Crippen LogP contribution in [0.2, 0.25) is 0 Å². The van der Waals surface area contributed by atoms with Crippen molar-refractivity contribution >= 4 is 27.3 Å². The van der Waals surface area contributed by atoms with Gasteiger partial charge < -0.3 is 5.32 Å². The molecule has 0 radical (unpaired) electrons. The summed E-state index contributed by atoms with van der Waals surface area (Å²) in [5.74, 6) is 0. The van der Waals surface area contributed by atoms with Crippen molar-refractivity contribution in [2.24, 2.45) is 0 Å². The molecular formula is C14H17BrN2S. The molecule has 0 fully saturated rings. The fourth-order valence-corrected chi connectivity index (χ4v) is 2.89. The highest BCUT2D eigenvalue weighted by molar-refractivity contribution is 9.10. The van der Waals surface area contributed by atoms with Crippen molar-refractivity contribution in [3.05, 3.63) is 50.4 Å². The number of hydrogen-bond donors (Lipinski definition) is 1. The number of halogens is 1. The summed E-state index contributed by atoms with van der Waals surface area (Å²) in [6.07, 6.45) is 2.98. The number of aromatic nitrogens is 1.